The molecule has 0 aliphatic rings. The normalized spacial score (nSPS) is 10.6. The number of aryl methyl sites for hydroxylation is 2. The highest BCUT2D eigenvalue weighted by Gasteiger charge is 2.19. The molecule has 0 atom stereocenters. The average molecular weight is 297 g/mol. The third kappa shape index (κ3) is 3.88. The van der Waals surface area contributed by atoms with Gasteiger partial charge < -0.3 is 9.64 Å². The number of hydrogen-bond acceptors (Lipinski definition) is 2. The van der Waals surface area contributed by atoms with Crippen LogP contribution in [0.5, 0.6) is 5.75 Å². The van der Waals surface area contributed by atoms with E-state index in [1.54, 1.807) is 4.90 Å². The van der Waals surface area contributed by atoms with Crippen LogP contribution in [0.1, 0.15) is 25.0 Å². The molecule has 0 spiro atoms. The number of para-hydroxylation sites is 1. The van der Waals surface area contributed by atoms with Crippen LogP contribution in [0.3, 0.4) is 0 Å². The van der Waals surface area contributed by atoms with Crippen LogP contribution < -0.4 is 9.64 Å². The molecule has 0 fully saturated rings. The zero-order valence-corrected chi connectivity index (χ0v) is 13.7. The van der Waals surface area contributed by atoms with Gasteiger partial charge in [-0.05, 0) is 63.1 Å². The van der Waals surface area contributed by atoms with Gasteiger partial charge in [-0.2, -0.15) is 0 Å². The van der Waals surface area contributed by atoms with Crippen LogP contribution in [0, 0.1) is 13.8 Å². The first-order valence-corrected chi connectivity index (χ1v) is 7.56. The van der Waals surface area contributed by atoms with E-state index in [2.05, 4.69) is 6.92 Å². The van der Waals surface area contributed by atoms with Crippen molar-refractivity contribution in [1.82, 2.24) is 0 Å². The molecule has 0 aromatic heterocycles. The smallest absolute Gasteiger partial charge is 0.265 e. The second-order valence-electron chi connectivity index (χ2n) is 5.73. The first-order valence-electron chi connectivity index (χ1n) is 7.56. The Morgan fingerprint density at radius 2 is 1.73 bits per heavy atom. The molecule has 0 unspecified atom stereocenters. The zero-order chi connectivity index (χ0) is 16.1. The van der Waals surface area contributed by atoms with Crippen molar-refractivity contribution in [2.75, 3.05) is 11.5 Å². The van der Waals surface area contributed by atoms with Crippen molar-refractivity contribution < 1.29 is 9.53 Å². The van der Waals surface area contributed by atoms with Crippen molar-refractivity contribution in [3.8, 4) is 5.75 Å². The van der Waals surface area contributed by atoms with Crippen molar-refractivity contribution in [3.63, 3.8) is 0 Å². The molecule has 2 aromatic carbocycles. The number of benzene rings is 2. The molecule has 0 saturated heterocycles. The number of amides is 1. The summed E-state index contributed by atoms with van der Waals surface area (Å²) in [7, 11) is 0. The monoisotopic (exact) mass is 297 g/mol. The fourth-order valence-electron chi connectivity index (χ4n) is 2.34. The van der Waals surface area contributed by atoms with Crippen LogP contribution in [0.4, 0.5) is 5.69 Å². The van der Waals surface area contributed by atoms with E-state index < -0.39 is 0 Å². The van der Waals surface area contributed by atoms with Gasteiger partial charge in [0, 0.05) is 11.7 Å². The summed E-state index contributed by atoms with van der Waals surface area (Å²) in [6.07, 6.45) is 0. The van der Waals surface area contributed by atoms with E-state index in [1.165, 1.54) is 5.56 Å². The van der Waals surface area contributed by atoms with Crippen molar-refractivity contribution in [2.24, 2.45) is 0 Å². The molecule has 116 valence electrons. The van der Waals surface area contributed by atoms with E-state index in [9.17, 15) is 4.79 Å². The first kappa shape index (κ1) is 16.1. The highest BCUT2D eigenvalue weighted by Crippen LogP contribution is 2.19. The lowest BCUT2D eigenvalue weighted by Crippen LogP contribution is -2.40. The minimum Gasteiger partial charge on any atom is -0.484 e. The lowest BCUT2D eigenvalue weighted by Gasteiger charge is -2.26. The number of ether oxygens (including phenoxy) is 1. The topological polar surface area (TPSA) is 29.5 Å². The summed E-state index contributed by atoms with van der Waals surface area (Å²) in [4.78, 5) is 14.3. The summed E-state index contributed by atoms with van der Waals surface area (Å²) in [5.41, 5.74) is 3.27. The lowest BCUT2D eigenvalue weighted by molar-refractivity contribution is -0.120. The van der Waals surface area contributed by atoms with Crippen molar-refractivity contribution in [1.29, 1.82) is 0 Å². The maximum atomic E-state index is 12.5. The standard InChI is InChI=1S/C19H23NO2/c1-14(2)20(17-8-6-5-7-9-17)19(21)13-22-18-11-10-15(3)16(4)12-18/h5-12,14H,13H2,1-4H3. The van der Waals surface area contributed by atoms with Crippen LogP contribution in [0.15, 0.2) is 48.5 Å². The Balaban J connectivity index is 2.07. The predicted molar refractivity (Wildman–Crippen MR) is 90.5 cm³/mol. The molecule has 0 bridgehead atoms. The summed E-state index contributed by atoms with van der Waals surface area (Å²) in [5.74, 6) is 0.688. The fraction of sp³-hybridized carbons (Fsp3) is 0.316. The van der Waals surface area contributed by atoms with Gasteiger partial charge in [0.2, 0.25) is 0 Å². The second-order valence-corrected chi connectivity index (χ2v) is 5.73. The van der Waals surface area contributed by atoms with Crippen LogP contribution >= 0.6 is 0 Å². The van der Waals surface area contributed by atoms with E-state index in [1.807, 2.05) is 69.3 Å². The third-order valence-corrected chi connectivity index (χ3v) is 3.66. The predicted octanol–water partition coefficient (Wildman–Crippen LogP) is 4.12. The molecule has 1 amide bonds. The Bertz CT molecular complexity index is 635. The molecule has 0 radical (unpaired) electrons. The SMILES string of the molecule is Cc1ccc(OCC(=O)N(c2ccccc2)C(C)C)cc1C. The molecule has 0 aliphatic carbocycles. The van der Waals surface area contributed by atoms with E-state index in [0.717, 1.165) is 17.0 Å². The molecule has 3 nitrogen and oxygen atoms in total. The summed E-state index contributed by atoms with van der Waals surface area (Å²) in [5, 5.41) is 0. The molecule has 3 heteroatoms. The number of anilines is 1. The first-order chi connectivity index (χ1) is 10.5. The molecule has 0 heterocycles. The molecule has 2 aromatic rings. The average Bonchev–Trinajstić information content (AvgIpc) is 2.49. The van der Waals surface area contributed by atoms with E-state index in [-0.39, 0.29) is 18.6 Å². The van der Waals surface area contributed by atoms with E-state index in [4.69, 9.17) is 4.74 Å². The third-order valence-electron chi connectivity index (χ3n) is 3.66. The van der Waals surface area contributed by atoms with Gasteiger partial charge in [-0.1, -0.05) is 24.3 Å². The fourth-order valence-corrected chi connectivity index (χ4v) is 2.34. The Labute approximate surface area is 132 Å². The molecule has 2 rings (SSSR count). The van der Waals surface area contributed by atoms with E-state index >= 15 is 0 Å². The molecule has 0 N–H and O–H groups in total. The van der Waals surface area contributed by atoms with E-state index in [0.29, 0.717) is 0 Å². The largest absolute Gasteiger partial charge is 0.484 e. The van der Waals surface area contributed by atoms with Crippen molar-refractivity contribution >= 4 is 11.6 Å². The van der Waals surface area contributed by atoms with Gasteiger partial charge in [0.1, 0.15) is 5.75 Å². The number of hydrogen-bond donors (Lipinski definition) is 0. The second kappa shape index (κ2) is 7.12. The number of carbonyl (C=O) groups excluding carboxylic acids is 1. The zero-order valence-electron chi connectivity index (χ0n) is 13.7. The molecular formula is C19H23NO2. The van der Waals surface area contributed by atoms with Gasteiger partial charge in [-0.3, -0.25) is 4.79 Å². The molecule has 22 heavy (non-hydrogen) atoms. The van der Waals surface area contributed by atoms with Gasteiger partial charge in [-0.25, -0.2) is 0 Å². The summed E-state index contributed by atoms with van der Waals surface area (Å²) in [6, 6.07) is 15.6. The summed E-state index contributed by atoms with van der Waals surface area (Å²) in [6.45, 7) is 8.13. The van der Waals surface area contributed by atoms with Gasteiger partial charge in [0.25, 0.3) is 5.91 Å². The number of rotatable bonds is 5. The van der Waals surface area contributed by atoms with Gasteiger partial charge in [-0.15, -0.1) is 0 Å². The van der Waals surface area contributed by atoms with Gasteiger partial charge in [0.15, 0.2) is 6.61 Å². The quantitative estimate of drug-likeness (QED) is 0.830. The maximum absolute atomic E-state index is 12.5. The molecular weight excluding hydrogens is 274 g/mol. The van der Waals surface area contributed by atoms with Crippen LogP contribution in [-0.4, -0.2) is 18.6 Å². The highest BCUT2D eigenvalue weighted by atomic mass is 16.5. The van der Waals surface area contributed by atoms with Crippen molar-refractivity contribution in [3.05, 3.63) is 59.7 Å². The van der Waals surface area contributed by atoms with Crippen LogP contribution in [0.25, 0.3) is 0 Å². The number of carbonyl (C=O) groups is 1. The Kier molecular flexibility index (Phi) is 5.21. The number of nitrogens with zero attached hydrogens (tertiary/aromatic N) is 1. The molecule has 0 saturated carbocycles. The minimum absolute atomic E-state index is 0.0373. The van der Waals surface area contributed by atoms with Gasteiger partial charge in [0.05, 0.1) is 0 Å². The highest BCUT2D eigenvalue weighted by molar-refractivity contribution is 5.94. The Hall–Kier alpha value is -2.29. The summed E-state index contributed by atoms with van der Waals surface area (Å²) < 4.78 is 5.67. The Morgan fingerprint density at radius 1 is 1.05 bits per heavy atom. The van der Waals surface area contributed by atoms with Gasteiger partial charge >= 0.3 is 0 Å². The maximum Gasteiger partial charge on any atom is 0.265 e. The van der Waals surface area contributed by atoms with Crippen LogP contribution in [0.2, 0.25) is 0 Å². The summed E-state index contributed by atoms with van der Waals surface area (Å²) >= 11 is 0. The van der Waals surface area contributed by atoms with Crippen LogP contribution in [-0.2, 0) is 4.79 Å². The minimum atomic E-state index is -0.0422. The Morgan fingerprint density at radius 3 is 2.32 bits per heavy atom. The van der Waals surface area contributed by atoms with Crippen molar-refractivity contribution in [2.45, 2.75) is 33.7 Å². The molecule has 0 aliphatic heterocycles. The lowest BCUT2D eigenvalue weighted by atomic mass is 10.1.